The Labute approximate surface area is 185 Å². The van der Waals surface area contributed by atoms with Crippen LogP contribution in [0.2, 0.25) is 0 Å². The van der Waals surface area contributed by atoms with Gasteiger partial charge in [0.2, 0.25) is 0 Å². The van der Waals surface area contributed by atoms with E-state index in [2.05, 4.69) is 10.6 Å². The fourth-order valence-electron chi connectivity index (χ4n) is 3.48. The van der Waals surface area contributed by atoms with Crippen LogP contribution in [-0.4, -0.2) is 42.9 Å². The molecule has 178 valence electrons. The summed E-state index contributed by atoms with van der Waals surface area (Å²) in [6.07, 6.45) is -2.15. The number of alkyl halides is 3. The minimum Gasteiger partial charge on any atom is -0.463 e. The van der Waals surface area contributed by atoms with Crippen molar-refractivity contribution in [1.29, 1.82) is 0 Å². The molecule has 0 saturated heterocycles. The molecule has 0 saturated carbocycles. The van der Waals surface area contributed by atoms with Gasteiger partial charge in [-0.3, -0.25) is 0 Å². The molecule has 1 aromatic carbocycles. The second-order valence-corrected chi connectivity index (χ2v) is 7.52. The summed E-state index contributed by atoms with van der Waals surface area (Å²) in [5, 5.41) is 5.10. The molecule has 32 heavy (non-hydrogen) atoms. The number of amides is 2. The van der Waals surface area contributed by atoms with Gasteiger partial charge in [0.25, 0.3) is 0 Å². The Morgan fingerprint density at radius 1 is 1.22 bits per heavy atom. The highest BCUT2D eigenvalue weighted by Gasteiger charge is 2.36. The van der Waals surface area contributed by atoms with E-state index in [1.807, 2.05) is 13.8 Å². The molecule has 0 heterocycles. The molecule has 3 atom stereocenters. The van der Waals surface area contributed by atoms with Crippen LogP contribution in [0.5, 0.6) is 0 Å². The smallest absolute Gasteiger partial charge is 0.416 e. The molecule has 0 radical (unpaired) electrons. The Balaban J connectivity index is 2.19. The Bertz CT molecular complexity index is 825. The molecule has 1 aliphatic carbocycles. The summed E-state index contributed by atoms with van der Waals surface area (Å²) in [7, 11) is 0. The Kier molecular flexibility index (Phi) is 9.09. The summed E-state index contributed by atoms with van der Waals surface area (Å²) in [5.74, 6) is -0.493. The Hall–Kier alpha value is -2.59. The lowest BCUT2D eigenvalue weighted by atomic mass is 9.88. The van der Waals surface area contributed by atoms with E-state index in [0.717, 1.165) is 12.1 Å². The van der Waals surface area contributed by atoms with Crippen LogP contribution in [0.25, 0.3) is 0 Å². The number of carbonyl (C=O) groups excluding carboxylic acids is 2. The number of nitrogens with one attached hydrogen (secondary N) is 2. The van der Waals surface area contributed by atoms with Gasteiger partial charge in [-0.2, -0.15) is 13.2 Å². The van der Waals surface area contributed by atoms with Crippen LogP contribution >= 0.6 is 0 Å². The number of urea groups is 1. The van der Waals surface area contributed by atoms with Gasteiger partial charge in [0.15, 0.2) is 0 Å². The summed E-state index contributed by atoms with van der Waals surface area (Å²) in [5.41, 5.74) is 5.74. The average molecular weight is 457 g/mol. The predicted molar refractivity (Wildman–Crippen MR) is 114 cm³/mol. The third-order valence-corrected chi connectivity index (χ3v) is 5.18. The van der Waals surface area contributed by atoms with Crippen molar-refractivity contribution in [2.24, 2.45) is 5.73 Å². The molecule has 4 N–H and O–H groups in total. The van der Waals surface area contributed by atoms with Gasteiger partial charge in [-0.05, 0) is 50.5 Å². The van der Waals surface area contributed by atoms with Gasteiger partial charge in [0, 0.05) is 17.3 Å². The molecule has 1 aromatic rings. The Morgan fingerprint density at radius 3 is 2.50 bits per heavy atom. The maximum atomic E-state index is 12.9. The number of rotatable bonds is 8. The SMILES string of the molecule is CCOC(=O)C1=C[C@H](OC(CC)CC)[C@H](NC(=O)Nc2cccc(C(F)(F)F)c2)[C@@H](N)C1. The number of anilines is 1. The number of nitrogens with two attached hydrogens (primary N) is 1. The zero-order chi connectivity index (χ0) is 23.9. The van der Waals surface area contributed by atoms with E-state index < -0.39 is 41.9 Å². The number of esters is 1. The van der Waals surface area contributed by atoms with E-state index in [-0.39, 0.29) is 24.8 Å². The lowest BCUT2D eigenvalue weighted by Crippen LogP contribution is -2.58. The van der Waals surface area contributed by atoms with Crippen LogP contribution in [0.15, 0.2) is 35.9 Å². The molecule has 0 aromatic heterocycles. The van der Waals surface area contributed by atoms with Crippen molar-refractivity contribution in [3.63, 3.8) is 0 Å². The quantitative estimate of drug-likeness (QED) is 0.513. The zero-order valence-corrected chi connectivity index (χ0v) is 18.4. The fraction of sp³-hybridized carbons (Fsp3) is 0.545. The van der Waals surface area contributed by atoms with Crippen LogP contribution < -0.4 is 16.4 Å². The van der Waals surface area contributed by atoms with E-state index in [1.165, 1.54) is 12.1 Å². The minimum absolute atomic E-state index is 0.0121. The maximum absolute atomic E-state index is 12.9. The number of halogens is 3. The van der Waals surface area contributed by atoms with E-state index in [4.69, 9.17) is 15.2 Å². The fourth-order valence-corrected chi connectivity index (χ4v) is 3.48. The molecule has 0 aliphatic heterocycles. The first-order valence-corrected chi connectivity index (χ1v) is 10.6. The van der Waals surface area contributed by atoms with Crippen LogP contribution in [0.4, 0.5) is 23.7 Å². The van der Waals surface area contributed by atoms with Gasteiger partial charge in [-0.15, -0.1) is 0 Å². The monoisotopic (exact) mass is 457 g/mol. The molecule has 10 heteroatoms. The highest BCUT2D eigenvalue weighted by Crippen LogP contribution is 2.30. The van der Waals surface area contributed by atoms with Gasteiger partial charge in [-0.25, -0.2) is 9.59 Å². The molecule has 2 amide bonds. The van der Waals surface area contributed by atoms with Crippen molar-refractivity contribution in [2.45, 2.75) is 70.5 Å². The molecule has 1 aliphatic rings. The van der Waals surface area contributed by atoms with Crippen molar-refractivity contribution in [3.05, 3.63) is 41.5 Å². The molecule has 2 rings (SSSR count). The molecule has 7 nitrogen and oxygen atoms in total. The largest absolute Gasteiger partial charge is 0.463 e. The molecular weight excluding hydrogens is 427 g/mol. The normalized spacial score (nSPS) is 21.1. The van der Waals surface area contributed by atoms with Gasteiger partial charge in [0.1, 0.15) is 0 Å². The van der Waals surface area contributed by atoms with Crippen LogP contribution in [0.3, 0.4) is 0 Å². The van der Waals surface area contributed by atoms with Crippen molar-refractivity contribution in [3.8, 4) is 0 Å². The van der Waals surface area contributed by atoms with Crippen molar-refractivity contribution in [1.82, 2.24) is 5.32 Å². The van der Waals surface area contributed by atoms with E-state index in [1.54, 1.807) is 13.0 Å². The molecule has 0 fully saturated rings. The third kappa shape index (κ3) is 6.96. The standard InChI is InChI=1S/C22H30F3N3O4/c1-4-16(5-2)32-18-11-13(20(29)31-6-3)10-17(26)19(18)28-21(30)27-15-9-7-8-14(12-15)22(23,24)25/h7-9,11-12,16-19H,4-6,10,26H2,1-3H3,(H2,27,28,30)/t17-,18-,19+/m0/s1. The zero-order valence-electron chi connectivity index (χ0n) is 18.4. The minimum atomic E-state index is -4.53. The second-order valence-electron chi connectivity index (χ2n) is 7.52. The maximum Gasteiger partial charge on any atom is 0.416 e. The highest BCUT2D eigenvalue weighted by molar-refractivity contribution is 5.91. The predicted octanol–water partition coefficient (Wildman–Crippen LogP) is 3.99. The summed E-state index contributed by atoms with van der Waals surface area (Å²) >= 11 is 0. The van der Waals surface area contributed by atoms with Gasteiger partial charge in [0.05, 0.1) is 30.4 Å². The lowest BCUT2D eigenvalue weighted by molar-refractivity contribution is -0.139. The molecule has 0 spiro atoms. The first-order valence-electron chi connectivity index (χ1n) is 10.6. The van der Waals surface area contributed by atoms with E-state index in [9.17, 15) is 22.8 Å². The topological polar surface area (TPSA) is 103 Å². The number of hydrogen-bond donors (Lipinski definition) is 3. The number of ether oxygens (including phenoxy) is 2. The third-order valence-electron chi connectivity index (χ3n) is 5.18. The average Bonchev–Trinajstić information content (AvgIpc) is 2.73. The molecular formula is C22H30F3N3O4. The van der Waals surface area contributed by atoms with E-state index in [0.29, 0.717) is 18.4 Å². The summed E-state index contributed by atoms with van der Waals surface area (Å²) in [4.78, 5) is 24.8. The molecule has 0 bridgehead atoms. The first kappa shape index (κ1) is 25.7. The Morgan fingerprint density at radius 2 is 1.91 bits per heavy atom. The van der Waals surface area contributed by atoms with Crippen LogP contribution in [-0.2, 0) is 20.4 Å². The van der Waals surface area contributed by atoms with Crippen LogP contribution in [0, 0.1) is 0 Å². The second kappa shape index (κ2) is 11.3. The number of benzene rings is 1. The first-order chi connectivity index (χ1) is 15.1. The van der Waals surface area contributed by atoms with Crippen molar-refractivity contribution >= 4 is 17.7 Å². The van der Waals surface area contributed by atoms with Crippen molar-refractivity contribution < 1.29 is 32.2 Å². The lowest BCUT2D eigenvalue weighted by Gasteiger charge is -2.36. The summed E-state index contributed by atoms with van der Waals surface area (Å²) < 4.78 is 49.9. The van der Waals surface area contributed by atoms with Crippen LogP contribution in [0.1, 0.15) is 45.6 Å². The van der Waals surface area contributed by atoms with Gasteiger partial charge >= 0.3 is 18.2 Å². The van der Waals surface area contributed by atoms with Gasteiger partial charge < -0.3 is 25.8 Å². The number of hydrogen-bond acceptors (Lipinski definition) is 5. The number of carbonyl (C=O) groups is 2. The molecule has 0 unspecified atom stereocenters. The summed E-state index contributed by atoms with van der Waals surface area (Å²) in [6.45, 7) is 5.82. The van der Waals surface area contributed by atoms with Crippen molar-refractivity contribution in [2.75, 3.05) is 11.9 Å². The summed E-state index contributed by atoms with van der Waals surface area (Å²) in [6, 6.07) is 2.24. The van der Waals surface area contributed by atoms with Gasteiger partial charge in [-0.1, -0.05) is 19.9 Å². The van der Waals surface area contributed by atoms with E-state index >= 15 is 0 Å². The highest BCUT2D eigenvalue weighted by atomic mass is 19.4.